The van der Waals surface area contributed by atoms with Crippen molar-refractivity contribution in [1.29, 1.82) is 0 Å². The molecule has 11 heteroatoms. The lowest BCUT2D eigenvalue weighted by Crippen LogP contribution is -2.13. The summed E-state index contributed by atoms with van der Waals surface area (Å²) in [5.74, 6) is -0.254. The number of allylic oxidation sites excluding steroid dienone is 1. The second kappa shape index (κ2) is 8.13. The number of anilines is 1. The number of carbonyl (C=O) groups is 1. The first kappa shape index (κ1) is 19.9. The highest BCUT2D eigenvalue weighted by molar-refractivity contribution is 7.71. The van der Waals surface area contributed by atoms with E-state index in [-0.39, 0.29) is 11.4 Å². The van der Waals surface area contributed by atoms with E-state index in [0.29, 0.717) is 28.0 Å². The second-order valence-electron chi connectivity index (χ2n) is 6.24. The number of hydrogen-bond acceptors (Lipinski definition) is 6. The molecule has 2 N–H and O–H groups in total. The van der Waals surface area contributed by atoms with Crippen molar-refractivity contribution < 1.29 is 9.18 Å². The minimum Gasteiger partial charge on any atom is -0.296 e. The molecule has 0 saturated carbocycles. The average molecular weight is 442 g/mol. The van der Waals surface area contributed by atoms with E-state index in [4.69, 9.17) is 12.2 Å². The first-order valence-corrected chi connectivity index (χ1v) is 10.1. The number of aromatic nitrogens is 6. The molecule has 0 bridgehead atoms. The Hall–Kier alpha value is -3.44. The van der Waals surface area contributed by atoms with Crippen molar-refractivity contribution >= 4 is 34.6 Å². The molecular weight excluding hydrogens is 425 g/mol. The third-order valence-electron chi connectivity index (χ3n) is 4.21. The van der Waals surface area contributed by atoms with Gasteiger partial charge in [-0.15, -0.1) is 6.58 Å². The van der Waals surface area contributed by atoms with Gasteiger partial charge in [-0.3, -0.25) is 19.8 Å². The fourth-order valence-corrected chi connectivity index (χ4v) is 3.99. The smallest absolute Gasteiger partial charge is 0.277 e. The number of hydrogen-bond donors (Lipinski definition) is 2. The summed E-state index contributed by atoms with van der Waals surface area (Å²) in [6, 6.07) is 7.71. The number of aryl methyl sites for hydroxylation is 1. The average Bonchev–Trinajstić information content (AvgIpc) is 3.43. The van der Waals surface area contributed by atoms with Gasteiger partial charge < -0.3 is 0 Å². The van der Waals surface area contributed by atoms with Crippen LogP contribution >= 0.6 is 23.6 Å². The monoisotopic (exact) mass is 441 g/mol. The summed E-state index contributed by atoms with van der Waals surface area (Å²) in [5, 5.41) is 14.3. The molecular formula is C19H16FN7OS2. The molecule has 8 nitrogen and oxygen atoms in total. The van der Waals surface area contributed by atoms with Crippen LogP contribution in [0.5, 0.6) is 0 Å². The Morgan fingerprint density at radius 3 is 2.97 bits per heavy atom. The summed E-state index contributed by atoms with van der Waals surface area (Å²) < 4.78 is 17.5. The molecule has 0 spiro atoms. The summed E-state index contributed by atoms with van der Waals surface area (Å²) in [7, 11) is 0. The Balaban J connectivity index is 1.57. The van der Waals surface area contributed by atoms with E-state index in [1.165, 1.54) is 34.3 Å². The summed E-state index contributed by atoms with van der Waals surface area (Å²) >= 11 is 6.52. The normalized spacial score (nSPS) is 10.9. The van der Waals surface area contributed by atoms with Gasteiger partial charge in [-0.05, 0) is 37.3 Å². The number of amides is 1. The zero-order valence-corrected chi connectivity index (χ0v) is 17.4. The number of para-hydroxylation sites is 1. The summed E-state index contributed by atoms with van der Waals surface area (Å²) in [4.78, 5) is 17.8. The third-order valence-corrected chi connectivity index (χ3v) is 5.59. The maximum atomic E-state index is 13.9. The number of aromatic amines is 1. The zero-order chi connectivity index (χ0) is 21.3. The van der Waals surface area contributed by atoms with Crippen LogP contribution in [0.1, 0.15) is 16.2 Å². The summed E-state index contributed by atoms with van der Waals surface area (Å²) in [6.45, 7) is 6.05. The highest BCUT2D eigenvalue weighted by atomic mass is 32.1. The third kappa shape index (κ3) is 3.72. The predicted molar refractivity (Wildman–Crippen MR) is 115 cm³/mol. The van der Waals surface area contributed by atoms with Crippen molar-refractivity contribution in [1.82, 2.24) is 29.5 Å². The Morgan fingerprint density at radius 2 is 2.20 bits per heavy atom. The first-order valence-electron chi connectivity index (χ1n) is 8.83. The SMILES string of the molecule is C=CCn1c(-c2sc(NC(=O)c3ccn(-c4ccccc4F)n3)nc2C)n[nH]c1=S. The van der Waals surface area contributed by atoms with Crippen LogP contribution in [0.4, 0.5) is 9.52 Å². The number of halogens is 1. The van der Waals surface area contributed by atoms with Gasteiger partial charge in [-0.2, -0.15) is 10.2 Å². The van der Waals surface area contributed by atoms with Crippen LogP contribution in [-0.4, -0.2) is 35.4 Å². The largest absolute Gasteiger partial charge is 0.296 e. The number of rotatable bonds is 6. The quantitative estimate of drug-likeness (QED) is 0.347. The van der Waals surface area contributed by atoms with Crippen LogP contribution in [0.15, 0.2) is 49.2 Å². The van der Waals surface area contributed by atoms with Crippen molar-refractivity contribution in [2.75, 3.05) is 5.32 Å². The predicted octanol–water partition coefficient (Wildman–Crippen LogP) is 4.14. The van der Waals surface area contributed by atoms with Crippen LogP contribution in [0, 0.1) is 17.5 Å². The topological polar surface area (TPSA) is 93.4 Å². The minimum atomic E-state index is -0.449. The Bertz CT molecular complexity index is 1300. The molecule has 30 heavy (non-hydrogen) atoms. The molecule has 4 rings (SSSR count). The molecule has 1 amide bonds. The van der Waals surface area contributed by atoms with Crippen molar-refractivity contribution in [3.05, 3.63) is 71.2 Å². The molecule has 0 radical (unpaired) electrons. The highest BCUT2D eigenvalue weighted by Gasteiger charge is 2.19. The van der Waals surface area contributed by atoms with Gasteiger partial charge in [0.2, 0.25) is 0 Å². The van der Waals surface area contributed by atoms with E-state index in [1.54, 1.807) is 28.8 Å². The van der Waals surface area contributed by atoms with Crippen LogP contribution in [-0.2, 0) is 6.54 Å². The van der Waals surface area contributed by atoms with Gasteiger partial charge >= 0.3 is 0 Å². The molecule has 3 aromatic heterocycles. The summed E-state index contributed by atoms with van der Waals surface area (Å²) in [5.41, 5.74) is 1.10. The molecule has 0 atom stereocenters. The number of thiazole rings is 1. The van der Waals surface area contributed by atoms with Crippen LogP contribution in [0.3, 0.4) is 0 Å². The van der Waals surface area contributed by atoms with Gasteiger partial charge in [0.05, 0.1) is 10.6 Å². The maximum absolute atomic E-state index is 13.9. The van der Waals surface area contributed by atoms with Crippen LogP contribution in [0.25, 0.3) is 16.4 Å². The lowest BCUT2D eigenvalue weighted by molar-refractivity contribution is 0.102. The molecule has 0 aliphatic rings. The summed E-state index contributed by atoms with van der Waals surface area (Å²) in [6.07, 6.45) is 3.25. The van der Waals surface area contributed by atoms with Crippen molar-refractivity contribution in [2.45, 2.75) is 13.5 Å². The van der Waals surface area contributed by atoms with Gasteiger partial charge in [-0.1, -0.05) is 29.5 Å². The van der Waals surface area contributed by atoms with E-state index < -0.39 is 11.7 Å². The molecule has 0 aliphatic heterocycles. The molecule has 0 saturated heterocycles. The van der Waals surface area contributed by atoms with Crippen molar-refractivity contribution in [3.8, 4) is 16.4 Å². The molecule has 0 fully saturated rings. The van der Waals surface area contributed by atoms with E-state index in [9.17, 15) is 9.18 Å². The van der Waals surface area contributed by atoms with Crippen molar-refractivity contribution in [2.24, 2.45) is 0 Å². The lowest BCUT2D eigenvalue weighted by Gasteiger charge is -2.02. The Labute approximate surface area is 179 Å². The van der Waals surface area contributed by atoms with Gasteiger partial charge in [0.15, 0.2) is 21.4 Å². The van der Waals surface area contributed by atoms with Crippen LogP contribution in [0.2, 0.25) is 0 Å². The highest BCUT2D eigenvalue weighted by Crippen LogP contribution is 2.31. The standard InChI is InChI=1S/C19H16FN7OS2/c1-3-9-26-16(23-24-19(26)29)15-11(2)21-18(30-15)22-17(28)13-8-10-27(25-13)14-7-5-4-6-12(14)20/h3-8,10H,1,9H2,2H3,(H,24,29)(H,21,22,28). The number of H-pyrrole nitrogens is 1. The molecule has 4 aromatic rings. The minimum absolute atomic E-state index is 0.141. The number of carbonyl (C=O) groups excluding carboxylic acids is 1. The Kier molecular flexibility index (Phi) is 5.38. The van der Waals surface area contributed by atoms with Crippen molar-refractivity contribution in [3.63, 3.8) is 0 Å². The van der Waals surface area contributed by atoms with Gasteiger partial charge in [-0.25, -0.2) is 14.1 Å². The molecule has 1 aromatic carbocycles. The molecule has 0 aliphatic carbocycles. The van der Waals surface area contributed by atoms with E-state index in [0.717, 1.165) is 4.88 Å². The van der Waals surface area contributed by atoms with Gasteiger partial charge in [0.25, 0.3) is 5.91 Å². The fourth-order valence-electron chi connectivity index (χ4n) is 2.82. The van der Waals surface area contributed by atoms with Crippen LogP contribution < -0.4 is 5.32 Å². The molecule has 3 heterocycles. The second-order valence-corrected chi connectivity index (χ2v) is 7.62. The maximum Gasteiger partial charge on any atom is 0.277 e. The molecule has 0 unspecified atom stereocenters. The van der Waals surface area contributed by atoms with E-state index in [2.05, 4.69) is 32.2 Å². The molecule has 152 valence electrons. The van der Waals surface area contributed by atoms with E-state index in [1.807, 2.05) is 6.92 Å². The zero-order valence-electron chi connectivity index (χ0n) is 15.8. The number of nitrogens with zero attached hydrogens (tertiary/aromatic N) is 5. The van der Waals surface area contributed by atoms with E-state index >= 15 is 0 Å². The number of benzene rings is 1. The number of nitrogens with one attached hydrogen (secondary N) is 2. The fraction of sp³-hybridized carbons (Fsp3) is 0.105. The lowest BCUT2D eigenvalue weighted by atomic mass is 10.3. The first-order chi connectivity index (χ1) is 14.5. The van der Waals surface area contributed by atoms with Gasteiger partial charge in [0, 0.05) is 12.7 Å². The Morgan fingerprint density at radius 1 is 1.40 bits per heavy atom. The van der Waals surface area contributed by atoms with Gasteiger partial charge in [0.1, 0.15) is 11.5 Å².